The molecule has 1 aliphatic carbocycles. The van der Waals surface area contributed by atoms with Crippen LogP contribution in [0.4, 0.5) is 0 Å². The van der Waals surface area contributed by atoms with Crippen LogP contribution in [0.5, 0.6) is 0 Å². The van der Waals surface area contributed by atoms with Gasteiger partial charge in [-0.15, -0.1) is 0 Å². The van der Waals surface area contributed by atoms with Crippen LogP contribution in [-0.2, 0) is 0 Å². The Labute approximate surface area is 164 Å². The van der Waals surface area contributed by atoms with Gasteiger partial charge in [0.15, 0.2) is 0 Å². The third-order valence-corrected chi connectivity index (χ3v) is 4.24. The average Bonchev–Trinajstić information content (AvgIpc) is 2.59. The van der Waals surface area contributed by atoms with Crippen LogP contribution in [0.3, 0.4) is 0 Å². The van der Waals surface area contributed by atoms with E-state index in [9.17, 15) is 0 Å². The number of hydrogen-bond donors (Lipinski definition) is 0. The molecule has 0 nitrogen and oxygen atoms in total. The first-order valence-corrected chi connectivity index (χ1v) is 9.57. The predicted octanol–water partition coefficient (Wildman–Crippen LogP) is 9.17. The van der Waals surface area contributed by atoms with Crippen molar-refractivity contribution >= 4 is 5.57 Å². The van der Waals surface area contributed by atoms with Gasteiger partial charge >= 0.3 is 0 Å². The molecule has 0 heterocycles. The Morgan fingerprint density at radius 2 is 1.35 bits per heavy atom. The van der Waals surface area contributed by atoms with Gasteiger partial charge < -0.3 is 0 Å². The second-order valence-electron chi connectivity index (χ2n) is 6.77. The molecule has 0 aliphatic heterocycles. The van der Waals surface area contributed by atoms with E-state index in [0.29, 0.717) is 0 Å². The Hall–Kier alpha value is -1.82. The van der Waals surface area contributed by atoms with Gasteiger partial charge in [0.05, 0.1) is 0 Å². The van der Waals surface area contributed by atoms with Crippen molar-refractivity contribution in [3.63, 3.8) is 0 Å². The molecule has 26 heavy (non-hydrogen) atoms. The van der Waals surface area contributed by atoms with E-state index in [0.717, 1.165) is 5.57 Å². The Bertz CT molecular complexity index is 605. The van der Waals surface area contributed by atoms with Crippen LogP contribution in [0.15, 0.2) is 71.4 Å². The van der Waals surface area contributed by atoms with E-state index in [1.165, 1.54) is 48.0 Å². The standard InChI is InChI=1S/C14H22.C9H10.C2H6.CH4/c1-10(2)14(11(3)4)13-9-7-6-8-12(13)5;1-8(2)9-6-4-3-5-7-9;1-2;/h1,6-9H2,2-5H3;3-7H,1H2,2H3;1-2H3;1H4. The molecule has 0 radical (unpaired) electrons. The van der Waals surface area contributed by atoms with E-state index in [1.807, 2.05) is 39.0 Å². The third-order valence-electron chi connectivity index (χ3n) is 4.24. The highest BCUT2D eigenvalue weighted by atomic mass is 14.2. The summed E-state index contributed by atoms with van der Waals surface area (Å²) < 4.78 is 0. The first kappa shape index (κ1) is 26.4. The molecule has 0 saturated carbocycles. The summed E-state index contributed by atoms with van der Waals surface area (Å²) in [4.78, 5) is 0. The molecule has 1 aliphatic rings. The van der Waals surface area contributed by atoms with E-state index in [4.69, 9.17) is 0 Å². The maximum atomic E-state index is 4.09. The van der Waals surface area contributed by atoms with Crippen LogP contribution in [0.25, 0.3) is 5.57 Å². The average molecular weight is 355 g/mol. The van der Waals surface area contributed by atoms with Crippen molar-refractivity contribution in [3.05, 3.63) is 76.9 Å². The molecule has 0 aromatic heterocycles. The minimum Gasteiger partial charge on any atom is -0.0955 e. The van der Waals surface area contributed by atoms with E-state index < -0.39 is 0 Å². The topological polar surface area (TPSA) is 0 Å². The fraction of sp³-hybridized carbons (Fsp3) is 0.462. The SMILES string of the molecule is C.C=C(C)C(=C(C)C)C1=C(C)CCCC1.C=C(C)c1ccccc1.CC. The monoisotopic (exact) mass is 354 g/mol. The molecule has 0 atom stereocenters. The van der Waals surface area contributed by atoms with Crippen molar-refractivity contribution in [3.8, 4) is 0 Å². The first-order valence-electron chi connectivity index (χ1n) is 9.57. The fourth-order valence-corrected chi connectivity index (χ4v) is 3.10. The summed E-state index contributed by atoms with van der Waals surface area (Å²) in [7, 11) is 0. The minimum atomic E-state index is 0. The molecule has 0 bridgehead atoms. The zero-order chi connectivity index (χ0) is 19.4. The van der Waals surface area contributed by atoms with Crippen LogP contribution in [0, 0.1) is 0 Å². The number of rotatable bonds is 3. The second kappa shape index (κ2) is 14.4. The van der Waals surface area contributed by atoms with Gasteiger partial charge in [0.25, 0.3) is 0 Å². The van der Waals surface area contributed by atoms with Gasteiger partial charge in [-0.05, 0) is 77.0 Å². The molecule has 0 spiro atoms. The molecule has 0 amide bonds. The van der Waals surface area contributed by atoms with Crippen molar-refractivity contribution in [2.45, 2.75) is 81.6 Å². The molecular weight excluding hydrogens is 312 g/mol. The summed E-state index contributed by atoms with van der Waals surface area (Å²) in [5.41, 5.74) is 9.56. The summed E-state index contributed by atoms with van der Waals surface area (Å²) in [6, 6.07) is 10.2. The number of hydrogen-bond acceptors (Lipinski definition) is 0. The molecule has 0 saturated heterocycles. The molecule has 146 valence electrons. The highest BCUT2D eigenvalue weighted by Crippen LogP contribution is 2.33. The fourth-order valence-electron chi connectivity index (χ4n) is 3.10. The highest BCUT2D eigenvalue weighted by molar-refractivity contribution is 5.60. The lowest BCUT2D eigenvalue weighted by molar-refractivity contribution is 0.677. The quantitative estimate of drug-likeness (QED) is 0.474. The maximum Gasteiger partial charge on any atom is -0.0215 e. The molecule has 1 aromatic rings. The van der Waals surface area contributed by atoms with Crippen LogP contribution in [0.2, 0.25) is 0 Å². The Morgan fingerprint density at radius 3 is 1.69 bits per heavy atom. The summed E-state index contributed by atoms with van der Waals surface area (Å²) >= 11 is 0. The van der Waals surface area contributed by atoms with Crippen LogP contribution < -0.4 is 0 Å². The van der Waals surface area contributed by atoms with Gasteiger partial charge in [-0.1, -0.05) is 87.1 Å². The molecule has 2 rings (SSSR count). The van der Waals surface area contributed by atoms with Crippen LogP contribution in [-0.4, -0.2) is 0 Å². The zero-order valence-electron chi connectivity index (χ0n) is 17.6. The van der Waals surface area contributed by atoms with Crippen molar-refractivity contribution in [1.82, 2.24) is 0 Å². The van der Waals surface area contributed by atoms with E-state index in [-0.39, 0.29) is 7.43 Å². The zero-order valence-corrected chi connectivity index (χ0v) is 17.6. The van der Waals surface area contributed by atoms with Gasteiger partial charge in [-0.2, -0.15) is 0 Å². The van der Waals surface area contributed by atoms with E-state index in [1.54, 1.807) is 11.1 Å². The molecule has 0 heteroatoms. The van der Waals surface area contributed by atoms with Gasteiger partial charge in [0, 0.05) is 0 Å². The maximum absolute atomic E-state index is 4.09. The van der Waals surface area contributed by atoms with Crippen molar-refractivity contribution in [2.24, 2.45) is 0 Å². The second-order valence-corrected chi connectivity index (χ2v) is 6.77. The molecular formula is C26H42. The lowest BCUT2D eigenvalue weighted by atomic mass is 9.84. The third kappa shape index (κ3) is 9.04. The van der Waals surface area contributed by atoms with Gasteiger partial charge in [0.1, 0.15) is 0 Å². The van der Waals surface area contributed by atoms with Crippen molar-refractivity contribution < 1.29 is 0 Å². The van der Waals surface area contributed by atoms with Gasteiger partial charge in [0.2, 0.25) is 0 Å². The van der Waals surface area contributed by atoms with Crippen LogP contribution in [0.1, 0.15) is 87.1 Å². The number of benzene rings is 1. The van der Waals surface area contributed by atoms with Crippen molar-refractivity contribution in [2.75, 3.05) is 0 Å². The summed E-state index contributed by atoms with van der Waals surface area (Å²) in [5, 5.41) is 0. The summed E-state index contributed by atoms with van der Waals surface area (Å²) in [6.45, 7) is 22.7. The Morgan fingerprint density at radius 1 is 0.846 bits per heavy atom. The largest absolute Gasteiger partial charge is 0.0955 e. The summed E-state index contributed by atoms with van der Waals surface area (Å²) in [5.74, 6) is 0. The molecule has 0 unspecified atom stereocenters. The number of allylic oxidation sites excluding steroid dienone is 6. The predicted molar refractivity (Wildman–Crippen MR) is 124 cm³/mol. The highest BCUT2D eigenvalue weighted by Gasteiger charge is 2.14. The Balaban J connectivity index is 0. The smallest absolute Gasteiger partial charge is 0.0215 e. The minimum absolute atomic E-state index is 0. The van der Waals surface area contributed by atoms with Gasteiger partial charge in [-0.25, -0.2) is 0 Å². The van der Waals surface area contributed by atoms with Gasteiger partial charge in [-0.3, -0.25) is 0 Å². The molecule has 0 fully saturated rings. The van der Waals surface area contributed by atoms with E-state index >= 15 is 0 Å². The van der Waals surface area contributed by atoms with Crippen molar-refractivity contribution in [1.29, 1.82) is 0 Å². The summed E-state index contributed by atoms with van der Waals surface area (Å²) in [6.07, 6.45) is 5.23. The Kier molecular flexibility index (Phi) is 14.6. The molecule has 1 aromatic carbocycles. The van der Waals surface area contributed by atoms with Crippen LogP contribution >= 0.6 is 0 Å². The van der Waals surface area contributed by atoms with E-state index in [2.05, 4.69) is 53.0 Å². The lowest BCUT2D eigenvalue weighted by Gasteiger charge is -2.22. The normalized spacial score (nSPS) is 12.4. The molecule has 0 N–H and O–H groups in total. The lowest BCUT2D eigenvalue weighted by Crippen LogP contribution is -2.02. The first-order chi connectivity index (χ1) is 11.8.